The lowest BCUT2D eigenvalue weighted by atomic mass is 10.1. The fraction of sp³-hybridized carbons (Fsp3) is 0.286. The fourth-order valence-corrected chi connectivity index (χ4v) is 3.82. The minimum absolute atomic E-state index is 0.397. The van der Waals surface area contributed by atoms with Crippen LogP contribution in [0.4, 0.5) is 4.79 Å². The second-order valence-electron chi connectivity index (χ2n) is 4.76. The molecular formula is C14H13BrN2O2S. The van der Waals surface area contributed by atoms with Crippen molar-refractivity contribution in [2.75, 3.05) is 6.54 Å². The molecule has 1 aromatic carbocycles. The molecule has 0 unspecified atom stereocenters. The van der Waals surface area contributed by atoms with E-state index >= 15 is 0 Å². The molecule has 6 heteroatoms. The number of carbonyl (C=O) groups is 1. The number of nitrogens with zero attached hydrogens (tertiary/aromatic N) is 2. The summed E-state index contributed by atoms with van der Waals surface area (Å²) in [5, 5.41) is 10.0. The largest absolute Gasteiger partial charge is 0.465 e. The number of amides is 1. The molecule has 0 bridgehead atoms. The first-order chi connectivity index (χ1) is 9.56. The summed E-state index contributed by atoms with van der Waals surface area (Å²) in [6.45, 7) is 3.01. The molecule has 20 heavy (non-hydrogen) atoms. The SMILES string of the molecule is Cc1c(Br)cccc1-c1nc2c(s1)CCN(C(=O)O)C2. The van der Waals surface area contributed by atoms with Crippen molar-refractivity contribution in [3.05, 3.63) is 38.8 Å². The third-order valence-electron chi connectivity index (χ3n) is 3.50. The van der Waals surface area contributed by atoms with Gasteiger partial charge >= 0.3 is 6.09 Å². The van der Waals surface area contributed by atoms with Gasteiger partial charge in [-0.1, -0.05) is 28.1 Å². The van der Waals surface area contributed by atoms with E-state index in [1.165, 1.54) is 9.78 Å². The van der Waals surface area contributed by atoms with Gasteiger partial charge in [-0.25, -0.2) is 9.78 Å². The molecule has 3 rings (SSSR count). The summed E-state index contributed by atoms with van der Waals surface area (Å²) in [6.07, 6.45) is -0.115. The molecule has 0 spiro atoms. The Hall–Kier alpha value is -1.40. The molecule has 0 atom stereocenters. The van der Waals surface area contributed by atoms with E-state index in [2.05, 4.69) is 33.9 Å². The van der Waals surface area contributed by atoms with Crippen molar-refractivity contribution < 1.29 is 9.90 Å². The molecule has 2 heterocycles. The van der Waals surface area contributed by atoms with Crippen molar-refractivity contribution in [1.29, 1.82) is 0 Å². The molecule has 1 aliphatic heterocycles. The van der Waals surface area contributed by atoms with E-state index in [1.54, 1.807) is 11.3 Å². The molecule has 1 amide bonds. The van der Waals surface area contributed by atoms with Gasteiger partial charge < -0.3 is 10.0 Å². The first kappa shape index (κ1) is 13.6. The Morgan fingerprint density at radius 3 is 3.05 bits per heavy atom. The molecule has 0 fully saturated rings. The van der Waals surface area contributed by atoms with Gasteiger partial charge in [0.15, 0.2) is 0 Å². The highest BCUT2D eigenvalue weighted by molar-refractivity contribution is 9.10. The van der Waals surface area contributed by atoms with Crippen molar-refractivity contribution in [2.24, 2.45) is 0 Å². The van der Waals surface area contributed by atoms with Crippen LogP contribution < -0.4 is 0 Å². The van der Waals surface area contributed by atoms with E-state index in [9.17, 15) is 4.79 Å². The average Bonchev–Trinajstić information content (AvgIpc) is 2.84. The van der Waals surface area contributed by atoms with Crippen LogP contribution in [0.25, 0.3) is 10.6 Å². The maximum absolute atomic E-state index is 11.0. The van der Waals surface area contributed by atoms with Gasteiger partial charge in [0, 0.05) is 27.9 Å². The zero-order chi connectivity index (χ0) is 14.3. The molecule has 4 nitrogen and oxygen atoms in total. The zero-order valence-electron chi connectivity index (χ0n) is 10.9. The number of rotatable bonds is 1. The Kier molecular flexibility index (Phi) is 3.52. The molecule has 0 aliphatic carbocycles. The number of thiazole rings is 1. The third-order valence-corrected chi connectivity index (χ3v) is 5.55. The quantitative estimate of drug-likeness (QED) is 0.846. The predicted octanol–water partition coefficient (Wildman–Crippen LogP) is 3.92. The van der Waals surface area contributed by atoms with E-state index in [1.807, 2.05) is 12.1 Å². The second kappa shape index (κ2) is 5.18. The van der Waals surface area contributed by atoms with E-state index in [0.717, 1.165) is 32.7 Å². The Labute approximate surface area is 129 Å². The monoisotopic (exact) mass is 352 g/mol. The number of carboxylic acid groups (broad SMARTS) is 1. The van der Waals surface area contributed by atoms with Crippen LogP contribution in [0, 0.1) is 6.92 Å². The van der Waals surface area contributed by atoms with Crippen LogP contribution in [-0.4, -0.2) is 27.6 Å². The van der Waals surface area contributed by atoms with Crippen molar-refractivity contribution in [2.45, 2.75) is 19.9 Å². The average molecular weight is 353 g/mol. The summed E-state index contributed by atoms with van der Waals surface area (Å²) < 4.78 is 1.07. The number of halogens is 1. The molecule has 0 saturated heterocycles. The van der Waals surface area contributed by atoms with Crippen LogP contribution in [0.3, 0.4) is 0 Å². The normalized spacial score (nSPS) is 14.2. The van der Waals surface area contributed by atoms with E-state index < -0.39 is 6.09 Å². The van der Waals surface area contributed by atoms with Gasteiger partial charge in [0.1, 0.15) is 5.01 Å². The molecule has 1 aromatic heterocycles. The Balaban J connectivity index is 1.98. The van der Waals surface area contributed by atoms with Crippen LogP contribution in [0.1, 0.15) is 16.1 Å². The Bertz CT molecular complexity index is 684. The van der Waals surface area contributed by atoms with Gasteiger partial charge in [-0.3, -0.25) is 0 Å². The number of hydrogen-bond donors (Lipinski definition) is 1. The van der Waals surface area contributed by atoms with Gasteiger partial charge in [-0.2, -0.15) is 0 Å². The maximum Gasteiger partial charge on any atom is 0.407 e. The highest BCUT2D eigenvalue weighted by atomic mass is 79.9. The topological polar surface area (TPSA) is 53.4 Å². The number of hydrogen-bond acceptors (Lipinski definition) is 3. The molecule has 2 aromatic rings. The first-order valence-electron chi connectivity index (χ1n) is 6.28. The van der Waals surface area contributed by atoms with Gasteiger partial charge in [0.2, 0.25) is 0 Å². The Morgan fingerprint density at radius 1 is 1.50 bits per heavy atom. The highest BCUT2D eigenvalue weighted by Crippen LogP contribution is 2.35. The molecule has 1 N–H and O–H groups in total. The summed E-state index contributed by atoms with van der Waals surface area (Å²) in [4.78, 5) is 18.3. The van der Waals surface area contributed by atoms with Crippen molar-refractivity contribution >= 4 is 33.4 Å². The van der Waals surface area contributed by atoms with Gasteiger partial charge in [-0.15, -0.1) is 11.3 Å². The van der Waals surface area contributed by atoms with Gasteiger partial charge in [-0.05, 0) is 18.6 Å². The Morgan fingerprint density at radius 2 is 2.30 bits per heavy atom. The third kappa shape index (κ3) is 2.33. The maximum atomic E-state index is 11.0. The zero-order valence-corrected chi connectivity index (χ0v) is 13.3. The van der Waals surface area contributed by atoms with E-state index in [4.69, 9.17) is 5.11 Å². The van der Waals surface area contributed by atoms with Crippen LogP contribution in [-0.2, 0) is 13.0 Å². The predicted molar refractivity (Wildman–Crippen MR) is 82.1 cm³/mol. The summed E-state index contributed by atoms with van der Waals surface area (Å²) in [5.41, 5.74) is 3.17. The lowest BCUT2D eigenvalue weighted by Crippen LogP contribution is -2.34. The molecule has 1 aliphatic rings. The van der Waals surface area contributed by atoms with Crippen molar-refractivity contribution in [3.63, 3.8) is 0 Å². The van der Waals surface area contributed by atoms with Crippen LogP contribution in [0.15, 0.2) is 22.7 Å². The smallest absolute Gasteiger partial charge is 0.407 e. The van der Waals surface area contributed by atoms with E-state index in [0.29, 0.717) is 13.1 Å². The standard InChI is InChI=1S/C14H13BrN2O2S/c1-8-9(3-2-4-10(8)15)13-16-11-7-17(14(18)19)6-5-12(11)20-13/h2-4H,5-7H2,1H3,(H,18,19). The molecule has 0 saturated carbocycles. The molecule has 104 valence electrons. The highest BCUT2D eigenvalue weighted by Gasteiger charge is 2.24. The summed E-state index contributed by atoms with van der Waals surface area (Å²) in [6, 6.07) is 6.06. The number of aromatic nitrogens is 1. The van der Waals surface area contributed by atoms with Gasteiger partial charge in [0.25, 0.3) is 0 Å². The van der Waals surface area contributed by atoms with Crippen molar-refractivity contribution in [1.82, 2.24) is 9.88 Å². The summed E-state index contributed by atoms with van der Waals surface area (Å²) >= 11 is 5.21. The minimum atomic E-state index is -0.871. The lowest BCUT2D eigenvalue weighted by molar-refractivity contribution is 0.139. The second-order valence-corrected chi connectivity index (χ2v) is 6.69. The summed E-state index contributed by atoms with van der Waals surface area (Å²) in [7, 11) is 0. The lowest BCUT2D eigenvalue weighted by Gasteiger charge is -2.22. The number of fused-ring (bicyclic) bond motifs is 1. The first-order valence-corrected chi connectivity index (χ1v) is 7.89. The van der Waals surface area contributed by atoms with Crippen LogP contribution in [0.2, 0.25) is 0 Å². The van der Waals surface area contributed by atoms with Crippen molar-refractivity contribution in [3.8, 4) is 10.6 Å². The molecular weight excluding hydrogens is 340 g/mol. The summed E-state index contributed by atoms with van der Waals surface area (Å²) in [5.74, 6) is 0. The van der Waals surface area contributed by atoms with Crippen LogP contribution in [0.5, 0.6) is 0 Å². The van der Waals surface area contributed by atoms with E-state index in [-0.39, 0.29) is 0 Å². The van der Waals surface area contributed by atoms with Crippen LogP contribution >= 0.6 is 27.3 Å². The minimum Gasteiger partial charge on any atom is -0.465 e. The molecule has 0 radical (unpaired) electrons. The fourth-order valence-electron chi connectivity index (χ4n) is 2.32. The number of benzene rings is 1. The van der Waals surface area contributed by atoms with Gasteiger partial charge in [0.05, 0.1) is 12.2 Å².